The highest BCUT2D eigenvalue weighted by Gasteiger charge is 2.20. The Hall–Kier alpha value is -1.30. The van der Waals surface area contributed by atoms with Crippen LogP contribution < -0.4 is 11.3 Å². The van der Waals surface area contributed by atoms with Crippen molar-refractivity contribution in [3.63, 3.8) is 0 Å². The van der Waals surface area contributed by atoms with Crippen molar-refractivity contribution in [2.45, 2.75) is 6.04 Å². The summed E-state index contributed by atoms with van der Waals surface area (Å²) >= 11 is 1.45. The van der Waals surface area contributed by atoms with Crippen LogP contribution in [0.1, 0.15) is 17.2 Å². The molecule has 0 aliphatic heterocycles. The summed E-state index contributed by atoms with van der Waals surface area (Å²) < 4.78 is 27.1. The molecule has 2 rings (SSSR count). The summed E-state index contributed by atoms with van der Waals surface area (Å²) in [5.41, 5.74) is 3.12. The number of nitrogens with two attached hydrogens (primary N) is 1. The van der Waals surface area contributed by atoms with Crippen LogP contribution >= 0.6 is 11.3 Å². The first-order chi connectivity index (χ1) is 7.74. The van der Waals surface area contributed by atoms with Gasteiger partial charge in [0.2, 0.25) is 0 Å². The molecule has 1 aromatic heterocycles. The van der Waals surface area contributed by atoms with Crippen LogP contribution in [0.2, 0.25) is 0 Å². The van der Waals surface area contributed by atoms with Crippen LogP contribution in [0.3, 0.4) is 0 Å². The van der Waals surface area contributed by atoms with E-state index in [1.165, 1.54) is 29.5 Å². The van der Waals surface area contributed by atoms with Crippen LogP contribution in [-0.2, 0) is 0 Å². The normalized spacial score (nSPS) is 12.7. The number of hydrazine groups is 1. The van der Waals surface area contributed by atoms with Gasteiger partial charge in [0.1, 0.15) is 11.6 Å². The second kappa shape index (κ2) is 4.69. The quantitative estimate of drug-likeness (QED) is 0.639. The molecule has 84 valence electrons. The van der Waals surface area contributed by atoms with Gasteiger partial charge in [0.15, 0.2) is 0 Å². The van der Waals surface area contributed by atoms with Crippen LogP contribution in [0.15, 0.2) is 35.0 Å². The van der Waals surface area contributed by atoms with Crippen molar-refractivity contribution in [1.29, 1.82) is 0 Å². The maximum Gasteiger partial charge on any atom is 0.131 e. The number of halogens is 2. The fourth-order valence-electron chi connectivity index (χ4n) is 1.57. The summed E-state index contributed by atoms with van der Waals surface area (Å²) in [7, 11) is 0. The zero-order chi connectivity index (χ0) is 11.5. The molecule has 1 atom stereocenters. The largest absolute Gasteiger partial charge is 0.271 e. The SMILES string of the molecule is NNC(c1ccsc1)c1c(F)cccc1F. The van der Waals surface area contributed by atoms with Gasteiger partial charge in [-0.3, -0.25) is 5.84 Å². The smallest absolute Gasteiger partial charge is 0.131 e. The van der Waals surface area contributed by atoms with E-state index < -0.39 is 17.7 Å². The van der Waals surface area contributed by atoms with Gasteiger partial charge in [-0.15, -0.1) is 0 Å². The van der Waals surface area contributed by atoms with Crippen LogP contribution in [-0.4, -0.2) is 0 Å². The van der Waals surface area contributed by atoms with E-state index in [0.717, 1.165) is 5.56 Å². The Morgan fingerprint density at radius 2 is 1.88 bits per heavy atom. The molecule has 0 radical (unpaired) electrons. The van der Waals surface area contributed by atoms with Gasteiger partial charge in [-0.05, 0) is 34.5 Å². The molecule has 0 bridgehead atoms. The van der Waals surface area contributed by atoms with Crippen molar-refractivity contribution in [1.82, 2.24) is 5.43 Å². The molecule has 2 nitrogen and oxygen atoms in total. The zero-order valence-electron chi connectivity index (χ0n) is 8.28. The van der Waals surface area contributed by atoms with E-state index in [4.69, 9.17) is 5.84 Å². The second-order valence-corrected chi connectivity index (χ2v) is 4.07. The molecule has 0 amide bonds. The van der Waals surface area contributed by atoms with Gasteiger partial charge < -0.3 is 0 Å². The first-order valence-corrected chi connectivity index (χ1v) is 5.60. The minimum absolute atomic E-state index is 0.0524. The van der Waals surface area contributed by atoms with Gasteiger partial charge in [-0.2, -0.15) is 11.3 Å². The van der Waals surface area contributed by atoms with Crippen molar-refractivity contribution in [2.75, 3.05) is 0 Å². The molecule has 1 unspecified atom stereocenters. The van der Waals surface area contributed by atoms with Crippen molar-refractivity contribution >= 4 is 11.3 Å². The molecule has 0 spiro atoms. The summed E-state index contributed by atoms with van der Waals surface area (Å²) in [6.07, 6.45) is 0. The van der Waals surface area contributed by atoms with Gasteiger partial charge in [0, 0.05) is 5.56 Å². The third-order valence-corrected chi connectivity index (χ3v) is 3.03. The summed E-state index contributed by atoms with van der Waals surface area (Å²) in [6, 6.07) is 4.88. The highest BCUT2D eigenvalue weighted by molar-refractivity contribution is 7.08. The van der Waals surface area contributed by atoms with Crippen molar-refractivity contribution < 1.29 is 8.78 Å². The van der Waals surface area contributed by atoms with E-state index in [-0.39, 0.29) is 5.56 Å². The Morgan fingerprint density at radius 1 is 1.19 bits per heavy atom. The summed E-state index contributed by atoms with van der Waals surface area (Å²) in [4.78, 5) is 0. The summed E-state index contributed by atoms with van der Waals surface area (Å²) in [6.45, 7) is 0. The van der Waals surface area contributed by atoms with Crippen LogP contribution in [0.4, 0.5) is 8.78 Å². The van der Waals surface area contributed by atoms with E-state index in [1.807, 2.05) is 5.38 Å². The second-order valence-electron chi connectivity index (χ2n) is 3.29. The first-order valence-electron chi connectivity index (χ1n) is 4.66. The maximum absolute atomic E-state index is 13.5. The number of hydrogen-bond acceptors (Lipinski definition) is 3. The monoisotopic (exact) mass is 240 g/mol. The minimum atomic E-state index is -0.660. The van der Waals surface area contributed by atoms with E-state index in [9.17, 15) is 8.78 Å². The molecule has 0 fully saturated rings. The van der Waals surface area contributed by atoms with Crippen molar-refractivity contribution in [3.05, 3.63) is 57.8 Å². The van der Waals surface area contributed by atoms with Crippen LogP contribution in [0, 0.1) is 11.6 Å². The topological polar surface area (TPSA) is 38.0 Å². The molecule has 2 aromatic rings. The average Bonchev–Trinajstić information content (AvgIpc) is 2.77. The first kappa shape index (κ1) is 11.2. The van der Waals surface area contributed by atoms with Gasteiger partial charge in [-0.25, -0.2) is 14.2 Å². The third-order valence-electron chi connectivity index (χ3n) is 2.33. The Labute approximate surface area is 95.7 Å². The predicted octanol–water partition coefficient (Wildman–Crippen LogP) is 2.58. The van der Waals surface area contributed by atoms with Gasteiger partial charge in [0.05, 0.1) is 6.04 Å². The Morgan fingerprint density at radius 3 is 2.38 bits per heavy atom. The molecule has 0 saturated carbocycles. The lowest BCUT2D eigenvalue weighted by Crippen LogP contribution is -2.30. The Kier molecular flexibility index (Phi) is 3.28. The third kappa shape index (κ3) is 1.97. The molecule has 1 aromatic carbocycles. The lowest BCUT2D eigenvalue weighted by molar-refractivity contribution is 0.511. The number of benzene rings is 1. The van der Waals surface area contributed by atoms with Gasteiger partial charge in [0.25, 0.3) is 0 Å². The van der Waals surface area contributed by atoms with E-state index in [0.29, 0.717) is 0 Å². The van der Waals surface area contributed by atoms with Crippen molar-refractivity contribution in [2.24, 2.45) is 5.84 Å². The zero-order valence-corrected chi connectivity index (χ0v) is 9.10. The molecule has 1 heterocycles. The lowest BCUT2D eigenvalue weighted by atomic mass is 10.0. The fraction of sp³-hybridized carbons (Fsp3) is 0.0909. The maximum atomic E-state index is 13.5. The Balaban J connectivity index is 2.49. The van der Waals surface area contributed by atoms with Crippen LogP contribution in [0.25, 0.3) is 0 Å². The number of hydrogen-bond donors (Lipinski definition) is 2. The average molecular weight is 240 g/mol. The minimum Gasteiger partial charge on any atom is -0.271 e. The number of thiophene rings is 1. The van der Waals surface area contributed by atoms with Gasteiger partial charge >= 0.3 is 0 Å². The van der Waals surface area contributed by atoms with E-state index in [2.05, 4.69) is 5.43 Å². The summed E-state index contributed by atoms with van der Waals surface area (Å²) in [5.74, 6) is 4.15. The lowest BCUT2D eigenvalue weighted by Gasteiger charge is -2.16. The molecule has 0 aliphatic carbocycles. The van der Waals surface area contributed by atoms with E-state index in [1.54, 1.807) is 11.4 Å². The molecule has 16 heavy (non-hydrogen) atoms. The number of nitrogens with one attached hydrogen (secondary N) is 1. The van der Waals surface area contributed by atoms with E-state index >= 15 is 0 Å². The molecule has 0 aliphatic rings. The Bertz CT molecular complexity index is 451. The summed E-state index contributed by atoms with van der Waals surface area (Å²) in [5, 5.41) is 3.63. The van der Waals surface area contributed by atoms with Gasteiger partial charge in [-0.1, -0.05) is 6.07 Å². The molecule has 5 heteroatoms. The van der Waals surface area contributed by atoms with Crippen LogP contribution in [0.5, 0.6) is 0 Å². The molecular formula is C11H10F2N2S. The highest BCUT2D eigenvalue weighted by atomic mass is 32.1. The fourth-order valence-corrected chi connectivity index (χ4v) is 2.26. The standard InChI is InChI=1S/C11H10F2N2S/c12-8-2-1-3-9(13)10(8)11(15-14)7-4-5-16-6-7/h1-6,11,15H,14H2. The molecule has 3 N–H and O–H groups in total. The predicted molar refractivity (Wildman–Crippen MR) is 59.8 cm³/mol. The van der Waals surface area contributed by atoms with Crippen molar-refractivity contribution in [3.8, 4) is 0 Å². The molecule has 0 saturated heterocycles. The molecular weight excluding hydrogens is 230 g/mol. The highest BCUT2D eigenvalue weighted by Crippen LogP contribution is 2.27. The number of rotatable bonds is 3.